The smallest absolute Gasteiger partial charge is 0.337 e. The van der Waals surface area contributed by atoms with Gasteiger partial charge >= 0.3 is 5.97 Å². The number of aromatic nitrogens is 1. The van der Waals surface area contributed by atoms with Crippen molar-refractivity contribution in [2.75, 3.05) is 11.9 Å². The number of hydrogen-bond acceptors (Lipinski definition) is 4. The van der Waals surface area contributed by atoms with E-state index in [1.807, 2.05) is 37.3 Å². The van der Waals surface area contributed by atoms with Gasteiger partial charge in [0.1, 0.15) is 0 Å². The molecule has 1 heterocycles. The van der Waals surface area contributed by atoms with Gasteiger partial charge in [0, 0.05) is 17.8 Å². The van der Waals surface area contributed by atoms with E-state index in [1.54, 1.807) is 24.4 Å². The number of aromatic carboxylic acids is 1. The van der Waals surface area contributed by atoms with Crippen LogP contribution in [0.1, 0.15) is 15.9 Å². The first-order chi connectivity index (χ1) is 13.0. The Morgan fingerprint density at radius 2 is 1.78 bits per heavy atom. The first kappa shape index (κ1) is 18.1. The number of benzene rings is 2. The van der Waals surface area contributed by atoms with Crippen LogP contribution < -0.4 is 10.1 Å². The van der Waals surface area contributed by atoms with Gasteiger partial charge in [-0.25, -0.2) is 9.78 Å². The van der Waals surface area contributed by atoms with E-state index in [2.05, 4.69) is 10.3 Å². The summed E-state index contributed by atoms with van der Waals surface area (Å²) in [6.45, 7) is 1.75. The molecule has 3 aromatic rings. The van der Waals surface area contributed by atoms with Gasteiger partial charge in [0.05, 0.1) is 11.3 Å². The summed E-state index contributed by atoms with van der Waals surface area (Å²) in [6.07, 6.45) is 1.69. The number of nitrogens with zero attached hydrogens (tertiary/aromatic N) is 1. The van der Waals surface area contributed by atoms with Crippen molar-refractivity contribution in [2.45, 2.75) is 6.92 Å². The molecule has 136 valence electrons. The van der Waals surface area contributed by atoms with Crippen LogP contribution in [0.2, 0.25) is 0 Å². The summed E-state index contributed by atoms with van der Waals surface area (Å²) >= 11 is 0. The fraction of sp³-hybridized carbons (Fsp3) is 0.0952. The first-order valence-electron chi connectivity index (χ1n) is 8.31. The molecule has 0 radical (unpaired) electrons. The van der Waals surface area contributed by atoms with E-state index >= 15 is 0 Å². The molecule has 1 aromatic heterocycles. The molecule has 0 bridgehead atoms. The Morgan fingerprint density at radius 1 is 1.04 bits per heavy atom. The molecule has 0 unspecified atom stereocenters. The summed E-state index contributed by atoms with van der Waals surface area (Å²) in [5.41, 5.74) is 3.43. The van der Waals surface area contributed by atoms with Crippen molar-refractivity contribution in [3.8, 4) is 17.0 Å². The van der Waals surface area contributed by atoms with Gasteiger partial charge < -0.3 is 15.2 Å². The molecule has 6 nitrogen and oxygen atoms in total. The summed E-state index contributed by atoms with van der Waals surface area (Å²) < 4.78 is 5.39. The number of hydrogen-bond donors (Lipinski definition) is 2. The summed E-state index contributed by atoms with van der Waals surface area (Å²) in [4.78, 5) is 27.4. The average molecular weight is 362 g/mol. The molecule has 2 N–H and O–H groups in total. The van der Waals surface area contributed by atoms with E-state index in [-0.39, 0.29) is 17.9 Å². The normalized spacial score (nSPS) is 10.3. The van der Waals surface area contributed by atoms with Crippen LogP contribution in [0.3, 0.4) is 0 Å². The third-order valence-corrected chi connectivity index (χ3v) is 3.98. The highest BCUT2D eigenvalue weighted by molar-refractivity contribution is 6.00. The van der Waals surface area contributed by atoms with Crippen LogP contribution >= 0.6 is 0 Å². The van der Waals surface area contributed by atoms with Gasteiger partial charge in [-0.15, -0.1) is 0 Å². The van der Waals surface area contributed by atoms with Crippen molar-refractivity contribution >= 4 is 17.6 Å². The second-order valence-corrected chi connectivity index (χ2v) is 5.89. The highest BCUT2D eigenvalue weighted by Gasteiger charge is 2.12. The van der Waals surface area contributed by atoms with Crippen molar-refractivity contribution in [1.82, 2.24) is 4.98 Å². The number of carbonyl (C=O) groups excluding carboxylic acids is 1. The highest BCUT2D eigenvalue weighted by atomic mass is 16.5. The number of carboxylic acid groups (broad SMARTS) is 1. The molecule has 0 aliphatic carbocycles. The number of pyridine rings is 1. The first-order valence-corrected chi connectivity index (χ1v) is 8.31. The Morgan fingerprint density at radius 3 is 2.48 bits per heavy atom. The lowest BCUT2D eigenvalue weighted by Crippen LogP contribution is -2.21. The van der Waals surface area contributed by atoms with E-state index in [1.165, 1.54) is 12.1 Å². The molecule has 0 fully saturated rings. The van der Waals surface area contributed by atoms with Crippen molar-refractivity contribution in [1.29, 1.82) is 0 Å². The molecule has 2 aromatic carbocycles. The number of nitrogens with one attached hydrogen (secondary N) is 1. The van der Waals surface area contributed by atoms with Crippen molar-refractivity contribution < 1.29 is 19.4 Å². The van der Waals surface area contributed by atoms with E-state index in [0.717, 1.165) is 16.7 Å². The molecule has 0 saturated heterocycles. The third-order valence-electron chi connectivity index (χ3n) is 3.98. The van der Waals surface area contributed by atoms with Gasteiger partial charge in [-0.1, -0.05) is 36.4 Å². The topological polar surface area (TPSA) is 88.5 Å². The zero-order chi connectivity index (χ0) is 19.2. The van der Waals surface area contributed by atoms with Crippen molar-refractivity contribution in [3.63, 3.8) is 0 Å². The largest absolute Gasteiger partial charge is 0.478 e. The summed E-state index contributed by atoms with van der Waals surface area (Å²) in [6, 6.07) is 17.7. The second-order valence-electron chi connectivity index (χ2n) is 5.89. The molecular weight excluding hydrogens is 344 g/mol. The number of carboxylic acids is 1. The Hall–Kier alpha value is -3.67. The summed E-state index contributed by atoms with van der Waals surface area (Å²) in [7, 11) is 0. The van der Waals surface area contributed by atoms with Gasteiger partial charge in [0.25, 0.3) is 5.91 Å². The quantitative estimate of drug-likeness (QED) is 0.697. The molecular formula is C21H18N2O4. The number of carbonyl (C=O) groups is 2. The van der Waals surface area contributed by atoms with Crippen LogP contribution in [0, 0.1) is 6.92 Å². The molecule has 0 aliphatic rings. The zero-order valence-corrected chi connectivity index (χ0v) is 14.7. The van der Waals surface area contributed by atoms with Gasteiger partial charge in [-0.2, -0.15) is 0 Å². The molecule has 3 rings (SSSR count). The Labute approximate surface area is 156 Å². The Balaban J connectivity index is 1.61. The summed E-state index contributed by atoms with van der Waals surface area (Å²) in [5, 5.41) is 11.7. The zero-order valence-electron chi connectivity index (χ0n) is 14.7. The Bertz CT molecular complexity index is 968. The standard InChI is InChI=1S/C21H18N2O4/c1-14-6-2-3-7-16(14)15-10-11-20(22-12-15)27-13-19(24)23-18-9-5-4-8-17(18)21(25)26/h2-12H,13H2,1H3,(H,23,24)(H,25,26). The maximum Gasteiger partial charge on any atom is 0.337 e. The number of amides is 1. The minimum Gasteiger partial charge on any atom is -0.478 e. The predicted molar refractivity (Wildman–Crippen MR) is 102 cm³/mol. The van der Waals surface area contributed by atoms with Crippen LogP contribution in [0.25, 0.3) is 11.1 Å². The maximum atomic E-state index is 12.0. The number of para-hydroxylation sites is 1. The SMILES string of the molecule is Cc1ccccc1-c1ccc(OCC(=O)Nc2ccccc2C(=O)O)nc1. The second kappa shape index (κ2) is 8.14. The lowest BCUT2D eigenvalue weighted by molar-refractivity contribution is -0.118. The minimum absolute atomic E-state index is 0.0200. The minimum atomic E-state index is -1.11. The molecule has 1 amide bonds. The predicted octanol–water partition coefficient (Wildman–Crippen LogP) is 3.77. The van der Waals surface area contributed by atoms with Gasteiger partial charge in [-0.3, -0.25) is 4.79 Å². The van der Waals surface area contributed by atoms with Gasteiger partial charge in [0.2, 0.25) is 5.88 Å². The van der Waals surface area contributed by atoms with Crippen LogP contribution in [0.5, 0.6) is 5.88 Å². The third kappa shape index (κ3) is 4.49. The molecule has 0 saturated carbocycles. The summed E-state index contributed by atoms with van der Waals surface area (Å²) in [5.74, 6) is -1.26. The lowest BCUT2D eigenvalue weighted by Gasteiger charge is -2.10. The number of ether oxygens (including phenoxy) is 1. The fourth-order valence-electron chi connectivity index (χ4n) is 2.63. The lowest BCUT2D eigenvalue weighted by atomic mass is 10.0. The fourth-order valence-corrected chi connectivity index (χ4v) is 2.63. The van der Waals surface area contributed by atoms with Crippen LogP contribution in [-0.4, -0.2) is 28.6 Å². The average Bonchev–Trinajstić information content (AvgIpc) is 2.67. The number of anilines is 1. The molecule has 27 heavy (non-hydrogen) atoms. The van der Waals surface area contributed by atoms with E-state index < -0.39 is 11.9 Å². The van der Waals surface area contributed by atoms with Crippen molar-refractivity contribution in [3.05, 3.63) is 78.0 Å². The van der Waals surface area contributed by atoms with Gasteiger partial charge in [0.15, 0.2) is 6.61 Å². The number of aryl methyl sites for hydroxylation is 1. The molecule has 6 heteroatoms. The molecule has 0 aliphatic heterocycles. The highest BCUT2D eigenvalue weighted by Crippen LogP contribution is 2.23. The monoisotopic (exact) mass is 362 g/mol. The molecule has 0 atom stereocenters. The van der Waals surface area contributed by atoms with Crippen LogP contribution in [-0.2, 0) is 4.79 Å². The van der Waals surface area contributed by atoms with Gasteiger partial charge in [-0.05, 0) is 36.2 Å². The Kier molecular flexibility index (Phi) is 5.47. The van der Waals surface area contributed by atoms with Crippen LogP contribution in [0.4, 0.5) is 5.69 Å². The maximum absolute atomic E-state index is 12.0. The van der Waals surface area contributed by atoms with E-state index in [0.29, 0.717) is 5.88 Å². The van der Waals surface area contributed by atoms with E-state index in [4.69, 9.17) is 9.84 Å². The van der Waals surface area contributed by atoms with E-state index in [9.17, 15) is 9.59 Å². The number of rotatable bonds is 6. The van der Waals surface area contributed by atoms with Crippen molar-refractivity contribution in [2.24, 2.45) is 0 Å². The van der Waals surface area contributed by atoms with Crippen LogP contribution in [0.15, 0.2) is 66.9 Å². The molecule has 0 spiro atoms.